The van der Waals surface area contributed by atoms with E-state index in [1.165, 1.54) is 0 Å². The fourth-order valence-corrected chi connectivity index (χ4v) is 1.79. The van der Waals surface area contributed by atoms with E-state index in [2.05, 4.69) is 13.0 Å². The molecular formula is C10H16O2. The summed E-state index contributed by atoms with van der Waals surface area (Å²) in [7, 11) is 0. The van der Waals surface area contributed by atoms with Crippen LogP contribution in [0.1, 0.15) is 27.2 Å². The Morgan fingerprint density at radius 3 is 2.50 bits per heavy atom. The molecule has 1 aliphatic rings. The van der Waals surface area contributed by atoms with Crippen LogP contribution in [-0.4, -0.2) is 11.1 Å². The molecule has 1 aliphatic carbocycles. The minimum absolute atomic E-state index is 0.0303. The number of carboxylic acid groups (broad SMARTS) is 1. The van der Waals surface area contributed by atoms with Gasteiger partial charge in [0.25, 0.3) is 0 Å². The van der Waals surface area contributed by atoms with Crippen LogP contribution in [0.25, 0.3) is 0 Å². The molecule has 2 atom stereocenters. The first kappa shape index (κ1) is 9.30. The number of allylic oxidation sites excluding steroid dienone is 2. The summed E-state index contributed by atoms with van der Waals surface area (Å²) >= 11 is 0. The topological polar surface area (TPSA) is 37.3 Å². The lowest BCUT2D eigenvalue weighted by Gasteiger charge is -1.95. The summed E-state index contributed by atoms with van der Waals surface area (Å²) in [6.45, 7) is 6.08. The zero-order valence-electron chi connectivity index (χ0n) is 7.87. The Kier molecular flexibility index (Phi) is 2.27. The van der Waals surface area contributed by atoms with Crippen molar-refractivity contribution in [3.63, 3.8) is 0 Å². The Morgan fingerprint density at radius 2 is 2.17 bits per heavy atom. The van der Waals surface area contributed by atoms with Gasteiger partial charge in [0.1, 0.15) is 0 Å². The third-order valence-electron chi connectivity index (χ3n) is 2.76. The van der Waals surface area contributed by atoms with Gasteiger partial charge in [-0.15, -0.1) is 0 Å². The van der Waals surface area contributed by atoms with Crippen LogP contribution < -0.4 is 0 Å². The summed E-state index contributed by atoms with van der Waals surface area (Å²) in [6.07, 6.45) is 5.08. The normalized spacial score (nSPS) is 32.2. The summed E-state index contributed by atoms with van der Waals surface area (Å²) in [4.78, 5) is 10.7. The molecule has 0 saturated heterocycles. The minimum atomic E-state index is -0.661. The molecule has 0 aromatic carbocycles. The van der Waals surface area contributed by atoms with Crippen molar-refractivity contribution in [3.8, 4) is 0 Å². The molecule has 0 heterocycles. The van der Waals surface area contributed by atoms with E-state index in [1.54, 1.807) is 0 Å². The molecule has 1 N–H and O–H groups in total. The molecule has 1 fully saturated rings. The number of hydrogen-bond donors (Lipinski definition) is 1. The predicted octanol–water partition coefficient (Wildman–Crippen LogP) is 2.31. The van der Waals surface area contributed by atoms with Gasteiger partial charge in [0.2, 0.25) is 0 Å². The monoisotopic (exact) mass is 168 g/mol. The molecule has 0 spiro atoms. The van der Waals surface area contributed by atoms with Crippen LogP contribution in [0.2, 0.25) is 0 Å². The molecule has 0 unspecified atom stereocenters. The van der Waals surface area contributed by atoms with Gasteiger partial charge in [-0.2, -0.15) is 0 Å². The first-order valence-electron chi connectivity index (χ1n) is 4.41. The van der Waals surface area contributed by atoms with Gasteiger partial charge in [0.15, 0.2) is 0 Å². The van der Waals surface area contributed by atoms with Crippen molar-refractivity contribution in [3.05, 3.63) is 12.2 Å². The van der Waals surface area contributed by atoms with Gasteiger partial charge >= 0.3 is 5.97 Å². The largest absolute Gasteiger partial charge is 0.481 e. The highest BCUT2D eigenvalue weighted by atomic mass is 16.4. The highest BCUT2D eigenvalue weighted by molar-refractivity contribution is 5.76. The van der Waals surface area contributed by atoms with E-state index in [0.717, 1.165) is 6.42 Å². The van der Waals surface area contributed by atoms with Crippen molar-refractivity contribution in [2.24, 2.45) is 17.3 Å². The minimum Gasteiger partial charge on any atom is -0.481 e. The fourth-order valence-electron chi connectivity index (χ4n) is 1.79. The van der Waals surface area contributed by atoms with E-state index in [4.69, 9.17) is 5.11 Å². The van der Waals surface area contributed by atoms with Crippen molar-refractivity contribution in [2.75, 3.05) is 0 Å². The van der Waals surface area contributed by atoms with Crippen LogP contribution in [-0.2, 0) is 4.79 Å². The summed E-state index contributed by atoms with van der Waals surface area (Å²) in [5, 5.41) is 8.82. The molecule has 0 aromatic heterocycles. The molecule has 0 bridgehead atoms. The van der Waals surface area contributed by atoms with Gasteiger partial charge in [0.05, 0.1) is 5.92 Å². The Morgan fingerprint density at radius 1 is 1.58 bits per heavy atom. The predicted molar refractivity (Wildman–Crippen MR) is 47.8 cm³/mol. The lowest BCUT2D eigenvalue weighted by molar-refractivity contribution is -0.139. The molecule has 0 aromatic rings. The maximum atomic E-state index is 10.7. The van der Waals surface area contributed by atoms with E-state index in [9.17, 15) is 4.79 Å². The second-order valence-corrected chi connectivity index (χ2v) is 4.00. The average molecular weight is 168 g/mol. The van der Waals surface area contributed by atoms with E-state index < -0.39 is 5.97 Å². The van der Waals surface area contributed by atoms with Crippen LogP contribution in [0.5, 0.6) is 0 Å². The van der Waals surface area contributed by atoms with Crippen molar-refractivity contribution in [1.82, 2.24) is 0 Å². The Hall–Kier alpha value is -0.790. The number of hydrogen-bond acceptors (Lipinski definition) is 1. The van der Waals surface area contributed by atoms with Crippen LogP contribution in [0.4, 0.5) is 0 Å². The smallest absolute Gasteiger partial charge is 0.307 e. The van der Waals surface area contributed by atoms with E-state index in [0.29, 0.717) is 0 Å². The van der Waals surface area contributed by atoms with Crippen LogP contribution in [0.15, 0.2) is 12.2 Å². The van der Waals surface area contributed by atoms with Crippen molar-refractivity contribution < 1.29 is 9.90 Å². The second kappa shape index (κ2) is 2.92. The van der Waals surface area contributed by atoms with Crippen LogP contribution in [0, 0.1) is 17.3 Å². The van der Waals surface area contributed by atoms with Crippen LogP contribution >= 0.6 is 0 Å². The van der Waals surface area contributed by atoms with E-state index >= 15 is 0 Å². The second-order valence-electron chi connectivity index (χ2n) is 4.00. The third kappa shape index (κ3) is 1.38. The van der Waals surface area contributed by atoms with Gasteiger partial charge in [0, 0.05) is 0 Å². The molecule has 2 heteroatoms. The van der Waals surface area contributed by atoms with Crippen molar-refractivity contribution >= 4 is 5.97 Å². The molecule has 0 radical (unpaired) electrons. The molecule has 1 saturated carbocycles. The standard InChI is InChI=1S/C10H16O2/c1-4-5-6-7-8(9(11)12)10(7,2)3/h5-8H,4H2,1-3H3,(H,11,12)/b6-5-/t7-,8+/m1/s1. The SMILES string of the molecule is CC/C=C\[C@@H]1[C@@H](C(=O)O)C1(C)C. The first-order valence-corrected chi connectivity index (χ1v) is 4.41. The summed E-state index contributed by atoms with van der Waals surface area (Å²) < 4.78 is 0. The zero-order chi connectivity index (χ0) is 9.35. The maximum absolute atomic E-state index is 10.7. The quantitative estimate of drug-likeness (QED) is 0.656. The highest BCUT2D eigenvalue weighted by Gasteiger charge is 2.60. The summed E-state index contributed by atoms with van der Waals surface area (Å²) in [6, 6.07) is 0. The number of rotatable bonds is 3. The average Bonchev–Trinajstić information content (AvgIpc) is 2.49. The van der Waals surface area contributed by atoms with Crippen molar-refractivity contribution in [2.45, 2.75) is 27.2 Å². The summed E-state index contributed by atoms with van der Waals surface area (Å²) in [5.41, 5.74) is -0.0303. The van der Waals surface area contributed by atoms with Gasteiger partial charge in [-0.25, -0.2) is 0 Å². The first-order chi connectivity index (χ1) is 5.51. The lowest BCUT2D eigenvalue weighted by Crippen LogP contribution is -2.02. The molecule has 0 amide bonds. The van der Waals surface area contributed by atoms with Gasteiger partial charge in [-0.05, 0) is 17.8 Å². The van der Waals surface area contributed by atoms with E-state index in [-0.39, 0.29) is 17.3 Å². The highest BCUT2D eigenvalue weighted by Crippen LogP contribution is 2.59. The van der Waals surface area contributed by atoms with Gasteiger partial charge in [-0.1, -0.05) is 32.9 Å². The molecule has 2 nitrogen and oxygen atoms in total. The van der Waals surface area contributed by atoms with Crippen LogP contribution in [0.3, 0.4) is 0 Å². The maximum Gasteiger partial charge on any atom is 0.307 e. The van der Waals surface area contributed by atoms with Crippen molar-refractivity contribution in [1.29, 1.82) is 0 Å². The van der Waals surface area contributed by atoms with Gasteiger partial charge in [-0.3, -0.25) is 4.79 Å². The number of carboxylic acids is 1. The summed E-state index contributed by atoms with van der Waals surface area (Å²) in [5.74, 6) is -0.582. The Balaban J connectivity index is 2.60. The van der Waals surface area contributed by atoms with Gasteiger partial charge < -0.3 is 5.11 Å². The number of aliphatic carboxylic acids is 1. The fraction of sp³-hybridized carbons (Fsp3) is 0.700. The molecule has 12 heavy (non-hydrogen) atoms. The molecular weight excluding hydrogens is 152 g/mol. The Bertz CT molecular complexity index is 216. The molecule has 68 valence electrons. The molecule has 0 aliphatic heterocycles. The van der Waals surface area contributed by atoms with E-state index in [1.807, 2.05) is 19.9 Å². The molecule has 1 rings (SSSR count). The zero-order valence-corrected chi connectivity index (χ0v) is 7.87. The lowest BCUT2D eigenvalue weighted by atomic mass is 10.1. The Labute approximate surface area is 73.3 Å². The number of carbonyl (C=O) groups is 1. The third-order valence-corrected chi connectivity index (χ3v) is 2.76.